The normalized spacial score (nSPS) is 31.2. The van der Waals surface area contributed by atoms with Gasteiger partial charge in [0.25, 0.3) is 0 Å². The molecule has 1 N–H and O–H groups in total. The molecule has 0 saturated heterocycles. The van der Waals surface area contributed by atoms with Gasteiger partial charge >= 0.3 is 17.9 Å². The number of ether oxygens (including phenoxy) is 3. The van der Waals surface area contributed by atoms with Gasteiger partial charge in [0.05, 0.1) is 12.8 Å². The van der Waals surface area contributed by atoms with E-state index in [4.69, 9.17) is 14.2 Å². The van der Waals surface area contributed by atoms with Crippen LogP contribution in [0.2, 0.25) is 0 Å². The highest BCUT2D eigenvalue weighted by atomic mass is 16.6. The smallest absolute Gasteiger partial charge is 0.330 e. The van der Waals surface area contributed by atoms with Crippen molar-refractivity contribution < 1.29 is 38.5 Å². The van der Waals surface area contributed by atoms with E-state index in [1.54, 1.807) is 0 Å². The van der Waals surface area contributed by atoms with Gasteiger partial charge in [-0.25, -0.2) is 4.79 Å². The molecule has 0 aromatic carbocycles. The second-order valence-electron chi connectivity index (χ2n) is 5.59. The van der Waals surface area contributed by atoms with Crippen LogP contribution >= 0.6 is 0 Å². The van der Waals surface area contributed by atoms with E-state index in [1.807, 2.05) is 0 Å². The first-order valence-corrected chi connectivity index (χ1v) is 7.67. The van der Waals surface area contributed by atoms with Gasteiger partial charge in [-0.1, -0.05) is 0 Å². The molecule has 134 valence electrons. The third-order valence-corrected chi connectivity index (χ3v) is 3.34. The molecule has 0 aromatic rings. The quantitative estimate of drug-likeness (QED) is 0.498. The lowest BCUT2D eigenvalue weighted by Gasteiger charge is -2.18. The van der Waals surface area contributed by atoms with Gasteiger partial charge in [0, 0.05) is 12.5 Å². The Morgan fingerprint density at radius 2 is 1.62 bits per heavy atom. The highest BCUT2D eigenvalue weighted by Gasteiger charge is 2.23. The number of carbonyl (C=O) groups is 4. The molecule has 0 aliphatic carbocycles. The number of aliphatic hydroxyl groups excluding tert-OH is 1. The molecule has 0 amide bonds. The zero-order valence-corrected chi connectivity index (χ0v) is 13.9. The Bertz CT molecular complexity index is 524. The number of aliphatic hydroxyl groups is 1. The zero-order chi connectivity index (χ0) is 18.3. The summed E-state index contributed by atoms with van der Waals surface area (Å²) in [5, 5.41) is 9.81. The summed E-state index contributed by atoms with van der Waals surface area (Å²) in [6.07, 6.45) is -2.28. The zero-order valence-electron chi connectivity index (χ0n) is 13.9. The van der Waals surface area contributed by atoms with Crippen molar-refractivity contribution in [2.45, 2.75) is 64.4 Å². The predicted octanol–water partition coefficient (Wildman–Crippen LogP) is 0.452. The van der Waals surface area contributed by atoms with Crippen LogP contribution in [0.1, 0.15) is 40.0 Å². The van der Waals surface area contributed by atoms with Gasteiger partial charge < -0.3 is 19.3 Å². The third-order valence-electron chi connectivity index (χ3n) is 3.34. The molecule has 0 fully saturated rings. The fourth-order valence-corrected chi connectivity index (χ4v) is 1.92. The number of ketones is 1. The number of rotatable bonds is 0. The third kappa shape index (κ3) is 6.91. The maximum atomic E-state index is 11.8. The molecule has 0 aromatic heterocycles. The van der Waals surface area contributed by atoms with E-state index in [9.17, 15) is 24.3 Å². The van der Waals surface area contributed by atoms with E-state index >= 15 is 0 Å². The van der Waals surface area contributed by atoms with Crippen molar-refractivity contribution in [1.82, 2.24) is 0 Å². The van der Waals surface area contributed by atoms with Crippen LogP contribution in [0.15, 0.2) is 12.2 Å². The van der Waals surface area contributed by atoms with E-state index in [0.29, 0.717) is 0 Å². The Morgan fingerprint density at radius 1 is 0.958 bits per heavy atom. The molecule has 8 nitrogen and oxygen atoms in total. The Labute approximate surface area is 139 Å². The van der Waals surface area contributed by atoms with Crippen molar-refractivity contribution in [2.24, 2.45) is 0 Å². The summed E-state index contributed by atoms with van der Waals surface area (Å²) in [6, 6.07) is 0. The second kappa shape index (κ2) is 9.17. The first-order chi connectivity index (χ1) is 11.2. The Hall–Kier alpha value is -2.22. The number of cyclic esters (lactones) is 3. The molecule has 1 heterocycles. The van der Waals surface area contributed by atoms with Gasteiger partial charge in [0.1, 0.15) is 18.3 Å². The summed E-state index contributed by atoms with van der Waals surface area (Å²) in [5.74, 6) is -2.55. The molecular weight excluding hydrogens is 320 g/mol. The second-order valence-corrected chi connectivity index (χ2v) is 5.59. The molecule has 24 heavy (non-hydrogen) atoms. The van der Waals surface area contributed by atoms with Crippen molar-refractivity contribution >= 4 is 23.7 Å². The SMILES string of the molecule is CC1CC(=O)OC(C)C(=O)CCC(=O)OC(C)C(O)C=CC(=O)O1. The summed E-state index contributed by atoms with van der Waals surface area (Å²) in [4.78, 5) is 46.8. The molecule has 8 heteroatoms. The van der Waals surface area contributed by atoms with Crippen molar-refractivity contribution in [3.63, 3.8) is 0 Å². The largest absolute Gasteiger partial charge is 0.460 e. The van der Waals surface area contributed by atoms with Gasteiger partial charge in [-0.05, 0) is 26.8 Å². The standard InChI is InChI=1S/C16H22O8/c1-9-8-16(21)24-11(3)13(18)5-7-15(20)23-10(2)12(17)4-6-14(19)22-9/h4,6,9-12,17H,5,7-8H2,1-3H3. The molecule has 0 saturated carbocycles. The highest BCUT2D eigenvalue weighted by Crippen LogP contribution is 2.09. The van der Waals surface area contributed by atoms with E-state index in [0.717, 1.165) is 12.2 Å². The summed E-state index contributed by atoms with van der Waals surface area (Å²) < 4.78 is 14.9. The van der Waals surface area contributed by atoms with Gasteiger partial charge in [-0.15, -0.1) is 0 Å². The summed E-state index contributed by atoms with van der Waals surface area (Å²) in [7, 11) is 0. The van der Waals surface area contributed by atoms with Crippen molar-refractivity contribution in [3.8, 4) is 0 Å². The number of esters is 3. The van der Waals surface area contributed by atoms with Gasteiger partial charge in [0.15, 0.2) is 11.9 Å². The van der Waals surface area contributed by atoms with E-state index in [2.05, 4.69) is 0 Å². The lowest BCUT2D eigenvalue weighted by Crippen LogP contribution is -2.30. The number of hydrogen-bond acceptors (Lipinski definition) is 8. The first-order valence-electron chi connectivity index (χ1n) is 7.67. The van der Waals surface area contributed by atoms with Crippen LogP contribution in [0, 0.1) is 0 Å². The van der Waals surface area contributed by atoms with Crippen LogP contribution < -0.4 is 0 Å². The fourth-order valence-electron chi connectivity index (χ4n) is 1.92. The summed E-state index contributed by atoms with van der Waals surface area (Å²) >= 11 is 0. The van der Waals surface area contributed by atoms with Crippen LogP contribution in [0.3, 0.4) is 0 Å². The summed E-state index contributed by atoms with van der Waals surface area (Å²) in [5.41, 5.74) is 0. The molecule has 1 aliphatic rings. The molecule has 1 aliphatic heterocycles. The number of Topliss-reactive ketones (excluding diaryl/α,β-unsaturated/α-hetero) is 1. The number of carbonyl (C=O) groups excluding carboxylic acids is 4. The number of hydrogen-bond donors (Lipinski definition) is 1. The lowest BCUT2D eigenvalue weighted by atomic mass is 10.1. The van der Waals surface area contributed by atoms with E-state index in [1.165, 1.54) is 20.8 Å². The predicted molar refractivity (Wildman–Crippen MR) is 80.7 cm³/mol. The minimum atomic E-state index is -1.20. The average Bonchev–Trinajstić information content (AvgIpc) is 2.48. The molecule has 4 atom stereocenters. The lowest BCUT2D eigenvalue weighted by molar-refractivity contribution is -0.159. The Kier molecular flexibility index (Phi) is 7.57. The Morgan fingerprint density at radius 3 is 2.29 bits per heavy atom. The van der Waals surface area contributed by atoms with Crippen LogP contribution in [0.25, 0.3) is 0 Å². The van der Waals surface area contributed by atoms with Crippen LogP contribution in [0.4, 0.5) is 0 Å². The molecular formula is C16H22O8. The van der Waals surface area contributed by atoms with Crippen LogP contribution in [-0.4, -0.2) is 53.2 Å². The maximum absolute atomic E-state index is 11.8. The van der Waals surface area contributed by atoms with E-state index in [-0.39, 0.29) is 19.3 Å². The van der Waals surface area contributed by atoms with Crippen molar-refractivity contribution in [2.75, 3.05) is 0 Å². The molecule has 0 radical (unpaired) electrons. The van der Waals surface area contributed by atoms with Crippen molar-refractivity contribution in [1.29, 1.82) is 0 Å². The van der Waals surface area contributed by atoms with E-state index < -0.39 is 48.1 Å². The monoisotopic (exact) mass is 342 g/mol. The van der Waals surface area contributed by atoms with Gasteiger partial charge in [-0.2, -0.15) is 0 Å². The average molecular weight is 342 g/mol. The first kappa shape index (κ1) is 19.8. The van der Waals surface area contributed by atoms with Gasteiger partial charge in [0.2, 0.25) is 0 Å². The minimum absolute atomic E-state index is 0.142. The Balaban J connectivity index is 2.85. The summed E-state index contributed by atoms with van der Waals surface area (Å²) in [6.45, 7) is 4.36. The van der Waals surface area contributed by atoms with Crippen LogP contribution in [0.5, 0.6) is 0 Å². The molecule has 0 bridgehead atoms. The molecule has 1 rings (SSSR count). The van der Waals surface area contributed by atoms with Gasteiger partial charge in [-0.3, -0.25) is 14.4 Å². The fraction of sp³-hybridized carbons (Fsp3) is 0.625. The maximum Gasteiger partial charge on any atom is 0.330 e. The highest BCUT2D eigenvalue weighted by molar-refractivity contribution is 5.88. The molecule has 0 spiro atoms. The molecule has 4 unspecified atom stereocenters. The minimum Gasteiger partial charge on any atom is -0.460 e. The van der Waals surface area contributed by atoms with Crippen molar-refractivity contribution in [3.05, 3.63) is 12.2 Å². The van der Waals surface area contributed by atoms with Crippen LogP contribution in [-0.2, 0) is 33.4 Å². The topological polar surface area (TPSA) is 116 Å².